The number of nitrogens with zero attached hydrogens (tertiary/aromatic N) is 4. The van der Waals surface area contributed by atoms with Gasteiger partial charge in [0, 0.05) is 22.2 Å². The normalized spacial score (nSPS) is 22.6. The van der Waals surface area contributed by atoms with Crippen molar-refractivity contribution >= 4 is 23.5 Å². The molecule has 0 saturated carbocycles. The van der Waals surface area contributed by atoms with Crippen LogP contribution in [0.1, 0.15) is 26.9 Å². The van der Waals surface area contributed by atoms with Gasteiger partial charge in [0.05, 0.1) is 11.1 Å². The number of benzene rings is 2. The zero-order valence-electron chi connectivity index (χ0n) is 18.7. The molecule has 1 N–H and O–H groups in total. The van der Waals surface area contributed by atoms with Crippen LogP contribution in [0.25, 0.3) is 10.4 Å². The second-order valence-corrected chi connectivity index (χ2v) is 8.22. The Labute approximate surface area is 211 Å². The van der Waals surface area contributed by atoms with Gasteiger partial charge in [-0.25, -0.2) is 18.8 Å². The van der Waals surface area contributed by atoms with E-state index < -0.39 is 54.0 Å². The fourth-order valence-corrected chi connectivity index (χ4v) is 3.85. The van der Waals surface area contributed by atoms with Gasteiger partial charge in [-0.1, -0.05) is 41.0 Å². The van der Waals surface area contributed by atoms with E-state index in [1.807, 2.05) is 4.98 Å². The summed E-state index contributed by atoms with van der Waals surface area (Å²) < 4.78 is 32.7. The summed E-state index contributed by atoms with van der Waals surface area (Å²) in [6, 6.07) is 14.2. The molecule has 190 valence electrons. The molecule has 0 bridgehead atoms. The lowest BCUT2D eigenvalue weighted by Gasteiger charge is -2.28. The maximum atomic E-state index is 15.8. The number of azide groups is 1. The van der Waals surface area contributed by atoms with Crippen molar-refractivity contribution in [1.29, 1.82) is 0 Å². The molecular formula is C23H17ClFN5O7. The van der Waals surface area contributed by atoms with Gasteiger partial charge in [-0.05, 0) is 35.9 Å². The van der Waals surface area contributed by atoms with Crippen LogP contribution in [0.3, 0.4) is 0 Å². The van der Waals surface area contributed by atoms with Gasteiger partial charge in [-0.2, -0.15) is 0 Å². The Morgan fingerprint density at radius 3 is 2.54 bits per heavy atom. The van der Waals surface area contributed by atoms with E-state index in [-0.39, 0.29) is 16.1 Å². The molecule has 2 heterocycles. The fraction of sp³-hybridized carbons (Fsp3) is 0.217. The van der Waals surface area contributed by atoms with Crippen molar-refractivity contribution in [1.82, 2.24) is 9.55 Å². The highest BCUT2D eigenvalue weighted by Gasteiger charge is 2.60. The Morgan fingerprint density at radius 2 is 1.86 bits per heavy atom. The van der Waals surface area contributed by atoms with Crippen LogP contribution in [0.2, 0.25) is 5.02 Å². The van der Waals surface area contributed by atoms with Gasteiger partial charge in [-0.15, -0.1) is 0 Å². The monoisotopic (exact) mass is 529 g/mol. The third-order valence-electron chi connectivity index (χ3n) is 5.38. The van der Waals surface area contributed by atoms with Gasteiger partial charge in [0.15, 0.2) is 18.5 Å². The number of ether oxygens (including phenoxy) is 3. The smallest absolute Gasteiger partial charge is 0.338 e. The largest absolute Gasteiger partial charge is 0.459 e. The first kappa shape index (κ1) is 25.6. The lowest BCUT2D eigenvalue weighted by Crippen LogP contribution is -2.47. The number of hydrogen-bond donors (Lipinski definition) is 1. The third-order valence-corrected chi connectivity index (χ3v) is 5.62. The van der Waals surface area contributed by atoms with Crippen LogP contribution in [0, 0.1) is 0 Å². The summed E-state index contributed by atoms with van der Waals surface area (Å²) in [5.74, 6) is -1.92. The predicted octanol–water partition coefficient (Wildman–Crippen LogP) is 3.15. The highest BCUT2D eigenvalue weighted by molar-refractivity contribution is 6.30. The van der Waals surface area contributed by atoms with Crippen LogP contribution in [0.15, 0.2) is 81.6 Å². The van der Waals surface area contributed by atoms with Gasteiger partial charge in [-0.3, -0.25) is 14.3 Å². The van der Waals surface area contributed by atoms with Gasteiger partial charge < -0.3 is 14.2 Å². The third kappa shape index (κ3) is 5.38. The molecule has 12 nitrogen and oxygen atoms in total. The Hall–Kier alpha value is -4.45. The van der Waals surface area contributed by atoms with E-state index in [2.05, 4.69) is 10.0 Å². The number of rotatable bonds is 7. The molecule has 1 unspecified atom stereocenters. The van der Waals surface area contributed by atoms with Gasteiger partial charge >= 0.3 is 17.6 Å². The molecule has 3 aromatic rings. The molecule has 1 aromatic heterocycles. The zero-order valence-corrected chi connectivity index (χ0v) is 19.4. The topological polar surface area (TPSA) is 165 Å². The second-order valence-electron chi connectivity index (χ2n) is 7.78. The fourth-order valence-electron chi connectivity index (χ4n) is 3.66. The van der Waals surface area contributed by atoms with Crippen molar-refractivity contribution in [2.24, 2.45) is 5.11 Å². The van der Waals surface area contributed by atoms with Crippen molar-refractivity contribution in [3.05, 3.63) is 114 Å². The summed E-state index contributed by atoms with van der Waals surface area (Å²) in [5.41, 5.74) is 5.12. The second kappa shape index (κ2) is 10.7. The first-order valence-electron chi connectivity index (χ1n) is 10.6. The number of halogens is 2. The van der Waals surface area contributed by atoms with Crippen molar-refractivity contribution < 1.29 is 28.2 Å². The molecule has 4 atom stereocenters. The van der Waals surface area contributed by atoms with E-state index in [0.29, 0.717) is 4.57 Å². The van der Waals surface area contributed by atoms with Crippen LogP contribution in [-0.4, -0.2) is 46.1 Å². The molecule has 14 heteroatoms. The van der Waals surface area contributed by atoms with Crippen LogP contribution >= 0.6 is 11.6 Å². The standard InChI is InChI=1S/C23H17ClFN5O7/c24-15-8-4-7-14(11-15)20(32)35-12-23(28-29-26)18(36-21(33)13-5-2-1-3-6-13)17(25)19(37-23)30-10-9-16(31)27-22(30)34/h1-11,17-19H,12H2,(H,27,31,34)/t17-,18?,19-,23-/m1/s1. The first-order valence-corrected chi connectivity index (χ1v) is 11.0. The molecule has 1 aliphatic heterocycles. The van der Waals surface area contributed by atoms with Crippen LogP contribution in [0.4, 0.5) is 4.39 Å². The summed E-state index contributed by atoms with van der Waals surface area (Å²) in [7, 11) is 0. The molecule has 37 heavy (non-hydrogen) atoms. The Balaban J connectivity index is 1.71. The summed E-state index contributed by atoms with van der Waals surface area (Å²) in [6.45, 7) is -0.899. The number of carbonyl (C=O) groups is 2. The quantitative estimate of drug-likeness (QED) is 0.212. The molecule has 1 aliphatic rings. The van der Waals surface area contributed by atoms with Crippen LogP contribution in [0.5, 0.6) is 0 Å². The average Bonchev–Trinajstić information content (AvgIpc) is 3.14. The molecule has 0 aliphatic carbocycles. The summed E-state index contributed by atoms with van der Waals surface area (Å²) in [5, 5.41) is 3.73. The van der Waals surface area contributed by atoms with Crippen molar-refractivity contribution in [2.45, 2.75) is 24.2 Å². The minimum absolute atomic E-state index is 0.0321. The zero-order chi connectivity index (χ0) is 26.6. The summed E-state index contributed by atoms with van der Waals surface area (Å²) in [4.78, 5) is 53.8. The van der Waals surface area contributed by atoms with Gasteiger partial charge in [0.2, 0.25) is 5.72 Å². The highest BCUT2D eigenvalue weighted by atomic mass is 35.5. The number of aromatic nitrogens is 2. The number of nitrogens with one attached hydrogen (secondary N) is 1. The number of carbonyl (C=O) groups excluding carboxylic acids is 2. The molecule has 0 amide bonds. The lowest BCUT2D eigenvalue weighted by atomic mass is 10.1. The van der Waals surface area contributed by atoms with Gasteiger partial charge in [0.25, 0.3) is 5.56 Å². The van der Waals surface area contributed by atoms with E-state index in [1.165, 1.54) is 36.4 Å². The number of alkyl halides is 1. The molecule has 2 aromatic carbocycles. The lowest BCUT2D eigenvalue weighted by molar-refractivity contribution is -0.129. The maximum Gasteiger partial charge on any atom is 0.338 e. The summed E-state index contributed by atoms with van der Waals surface area (Å²) >= 11 is 5.90. The Kier molecular flexibility index (Phi) is 7.39. The molecule has 4 rings (SSSR count). The van der Waals surface area contributed by atoms with Crippen LogP contribution in [-0.2, 0) is 14.2 Å². The molecule has 0 spiro atoms. The number of esters is 2. The van der Waals surface area contributed by atoms with E-state index >= 15 is 4.39 Å². The molecule has 1 fully saturated rings. The number of aromatic amines is 1. The molecular weight excluding hydrogens is 513 g/mol. The van der Waals surface area contributed by atoms with E-state index in [4.69, 9.17) is 25.8 Å². The average molecular weight is 530 g/mol. The minimum atomic E-state index is -2.42. The van der Waals surface area contributed by atoms with E-state index in [9.17, 15) is 24.7 Å². The van der Waals surface area contributed by atoms with E-state index in [1.54, 1.807) is 18.2 Å². The predicted molar refractivity (Wildman–Crippen MR) is 126 cm³/mol. The molecule has 1 saturated heterocycles. The SMILES string of the molecule is [N-]=[N+]=N[C@]1(COC(=O)c2cccc(Cl)c2)O[C@@H](n2ccc(=O)[nH]c2=O)[C@H](F)C1OC(=O)c1ccccc1. The Morgan fingerprint density at radius 1 is 1.14 bits per heavy atom. The number of hydrogen-bond acceptors (Lipinski definition) is 8. The van der Waals surface area contributed by atoms with Crippen molar-refractivity contribution in [3.63, 3.8) is 0 Å². The summed E-state index contributed by atoms with van der Waals surface area (Å²) in [6.07, 6.45) is -5.13. The van der Waals surface area contributed by atoms with E-state index in [0.717, 1.165) is 12.3 Å². The van der Waals surface area contributed by atoms with Crippen molar-refractivity contribution in [2.75, 3.05) is 6.61 Å². The van der Waals surface area contributed by atoms with Gasteiger partial charge in [0.1, 0.15) is 6.61 Å². The maximum absolute atomic E-state index is 15.8. The Bertz CT molecular complexity index is 1490. The minimum Gasteiger partial charge on any atom is -0.459 e. The van der Waals surface area contributed by atoms with Crippen molar-refractivity contribution in [3.8, 4) is 0 Å². The first-order chi connectivity index (χ1) is 17.7. The molecule has 0 radical (unpaired) electrons. The van der Waals surface area contributed by atoms with Crippen LogP contribution < -0.4 is 11.2 Å². The number of H-pyrrole nitrogens is 1. The highest BCUT2D eigenvalue weighted by Crippen LogP contribution is 2.42.